The van der Waals surface area contributed by atoms with Crippen molar-refractivity contribution >= 4 is 33.5 Å². The Balaban J connectivity index is 2.47. The largest absolute Gasteiger partial charge is 0.293 e. The number of carbonyl (C=O) groups excluding carboxylic acids is 1. The summed E-state index contributed by atoms with van der Waals surface area (Å²) in [6.45, 7) is 1.70. The van der Waals surface area contributed by atoms with Crippen molar-refractivity contribution in [1.82, 2.24) is 15.0 Å². The van der Waals surface area contributed by atoms with Crippen LogP contribution in [0.4, 0.5) is 0 Å². The van der Waals surface area contributed by atoms with Gasteiger partial charge in [-0.15, -0.1) is 0 Å². The summed E-state index contributed by atoms with van der Waals surface area (Å²) in [5, 5.41) is 9.38. The number of amidine groups is 1. The van der Waals surface area contributed by atoms with Gasteiger partial charge in [0.05, 0.1) is 11.3 Å². The van der Waals surface area contributed by atoms with Gasteiger partial charge in [-0.3, -0.25) is 19.4 Å². The molecule has 7 nitrogen and oxygen atoms in total. The summed E-state index contributed by atoms with van der Waals surface area (Å²) in [6.07, 6.45) is 2.90. The predicted octanol–water partition coefficient (Wildman–Crippen LogP) is 1.59. The summed E-state index contributed by atoms with van der Waals surface area (Å²) >= 11 is 0.978. The molecule has 0 aliphatic rings. The maximum atomic E-state index is 12.9. The van der Waals surface area contributed by atoms with E-state index in [1.54, 1.807) is 37.4 Å². The number of nitrogens with two attached hydrogens (primary N) is 1. The zero-order valence-corrected chi connectivity index (χ0v) is 15.1. The maximum absolute atomic E-state index is 12.9. The molecule has 2 rings (SSSR count). The second-order valence-electron chi connectivity index (χ2n) is 4.97. The minimum absolute atomic E-state index is 0.0468. The number of aromatic nitrogens is 2. The van der Waals surface area contributed by atoms with Gasteiger partial charge in [0.25, 0.3) is 0 Å². The molecule has 0 amide bonds. The van der Waals surface area contributed by atoms with Crippen LogP contribution in [0.5, 0.6) is 0 Å². The van der Waals surface area contributed by atoms with Crippen molar-refractivity contribution < 1.29 is 9.00 Å². The molecule has 0 radical (unpaired) electrons. The van der Waals surface area contributed by atoms with E-state index in [4.69, 9.17) is 11.3 Å². The number of hydrogen-bond donors (Lipinski definition) is 2. The van der Waals surface area contributed by atoms with E-state index in [-0.39, 0.29) is 11.0 Å². The number of carbonyl (C=O) groups is 1. The Hall–Kier alpha value is -2.10. The van der Waals surface area contributed by atoms with Gasteiger partial charge in [0.2, 0.25) is 0 Å². The summed E-state index contributed by atoms with van der Waals surface area (Å²) < 4.78 is 11.6. The van der Waals surface area contributed by atoms with Crippen LogP contribution in [-0.4, -0.2) is 43.4 Å². The topological polar surface area (TPSA) is 113 Å². The molecule has 24 heavy (non-hydrogen) atoms. The Labute approximate surface area is 146 Å². The molecule has 2 aromatic rings. The molecule has 1 heterocycles. The molecule has 3 N–H and O–H groups in total. The van der Waals surface area contributed by atoms with Crippen LogP contribution in [0.15, 0.2) is 40.5 Å². The molecule has 0 spiro atoms. The van der Waals surface area contributed by atoms with Crippen LogP contribution in [0.3, 0.4) is 0 Å². The highest BCUT2D eigenvalue weighted by Crippen LogP contribution is 2.26. The SMILES string of the molecule is Cc1ncnc(SC(=N)N(C)N)c1C(=O)c1cccc(S(C)=O)c1. The van der Waals surface area contributed by atoms with Gasteiger partial charge < -0.3 is 0 Å². The van der Waals surface area contributed by atoms with E-state index in [2.05, 4.69) is 9.97 Å². The van der Waals surface area contributed by atoms with Crippen LogP contribution in [0.25, 0.3) is 0 Å². The van der Waals surface area contributed by atoms with Crippen LogP contribution < -0.4 is 5.84 Å². The first kappa shape index (κ1) is 18.2. The van der Waals surface area contributed by atoms with Gasteiger partial charge in [-0.05, 0) is 30.8 Å². The first-order chi connectivity index (χ1) is 11.3. The lowest BCUT2D eigenvalue weighted by Crippen LogP contribution is -2.30. The third-order valence-corrected chi connectivity index (χ3v) is 5.07. The van der Waals surface area contributed by atoms with E-state index in [1.165, 1.54) is 13.4 Å². The van der Waals surface area contributed by atoms with Crippen molar-refractivity contribution in [2.24, 2.45) is 5.84 Å². The number of ketones is 1. The van der Waals surface area contributed by atoms with Gasteiger partial charge in [0.1, 0.15) is 11.4 Å². The number of rotatable bonds is 4. The zero-order valence-electron chi connectivity index (χ0n) is 13.4. The fraction of sp³-hybridized carbons (Fsp3) is 0.200. The van der Waals surface area contributed by atoms with Gasteiger partial charge in [-0.2, -0.15) is 0 Å². The lowest BCUT2D eigenvalue weighted by Gasteiger charge is -2.14. The molecule has 0 fully saturated rings. The van der Waals surface area contributed by atoms with Crippen molar-refractivity contribution in [3.05, 3.63) is 47.4 Å². The fourth-order valence-corrected chi connectivity index (χ4v) is 3.25. The number of nitrogens with zero attached hydrogens (tertiary/aromatic N) is 3. The molecule has 0 saturated heterocycles. The Morgan fingerprint density at radius 3 is 2.71 bits per heavy atom. The number of hydrazine groups is 1. The normalized spacial score (nSPS) is 11.8. The minimum Gasteiger partial charge on any atom is -0.293 e. The summed E-state index contributed by atoms with van der Waals surface area (Å²) in [5.74, 6) is 5.26. The molecule has 9 heteroatoms. The number of hydrogen-bond acceptors (Lipinski definition) is 7. The molecular weight excluding hydrogens is 346 g/mol. The maximum Gasteiger partial charge on any atom is 0.197 e. The van der Waals surface area contributed by atoms with Gasteiger partial charge >= 0.3 is 0 Å². The van der Waals surface area contributed by atoms with E-state index in [1.807, 2.05) is 0 Å². The summed E-state index contributed by atoms with van der Waals surface area (Å²) in [7, 11) is 0.348. The Kier molecular flexibility index (Phi) is 5.81. The fourth-order valence-electron chi connectivity index (χ4n) is 1.91. The first-order valence-electron chi connectivity index (χ1n) is 6.86. The number of aryl methyl sites for hydroxylation is 1. The van der Waals surface area contributed by atoms with E-state index < -0.39 is 10.8 Å². The molecule has 0 aliphatic heterocycles. The molecular formula is C15H17N5O2S2. The molecule has 0 saturated carbocycles. The van der Waals surface area contributed by atoms with Gasteiger partial charge in [-0.1, -0.05) is 12.1 Å². The van der Waals surface area contributed by atoms with Gasteiger partial charge in [0.15, 0.2) is 11.0 Å². The van der Waals surface area contributed by atoms with Crippen LogP contribution in [0.1, 0.15) is 21.6 Å². The Bertz CT molecular complexity index is 823. The van der Waals surface area contributed by atoms with E-state index in [0.717, 1.165) is 16.8 Å². The molecule has 1 aromatic carbocycles. The van der Waals surface area contributed by atoms with E-state index in [9.17, 15) is 9.00 Å². The second kappa shape index (κ2) is 7.65. The lowest BCUT2D eigenvalue weighted by atomic mass is 10.0. The Morgan fingerprint density at radius 1 is 1.38 bits per heavy atom. The lowest BCUT2D eigenvalue weighted by molar-refractivity contribution is 0.103. The Morgan fingerprint density at radius 2 is 2.08 bits per heavy atom. The molecule has 0 bridgehead atoms. The highest BCUT2D eigenvalue weighted by atomic mass is 32.2. The number of thioether (sulfide) groups is 1. The van der Waals surface area contributed by atoms with Crippen molar-refractivity contribution in [1.29, 1.82) is 5.41 Å². The highest BCUT2D eigenvalue weighted by molar-refractivity contribution is 8.13. The average molecular weight is 363 g/mol. The highest BCUT2D eigenvalue weighted by Gasteiger charge is 2.21. The molecule has 126 valence electrons. The summed E-state index contributed by atoms with van der Waals surface area (Å²) in [4.78, 5) is 21.7. The van der Waals surface area contributed by atoms with Crippen LogP contribution >= 0.6 is 11.8 Å². The molecule has 1 atom stereocenters. The van der Waals surface area contributed by atoms with Crippen LogP contribution in [-0.2, 0) is 10.8 Å². The third kappa shape index (κ3) is 4.05. The van der Waals surface area contributed by atoms with Crippen LogP contribution in [0.2, 0.25) is 0 Å². The van der Waals surface area contributed by atoms with E-state index >= 15 is 0 Å². The van der Waals surface area contributed by atoms with Crippen molar-refractivity contribution in [3.63, 3.8) is 0 Å². The predicted molar refractivity (Wildman–Crippen MR) is 94.5 cm³/mol. The molecule has 0 aliphatic carbocycles. The van der Waals surface area contributed by atoms with Crippen molar-refractivity contribution in [3.8, 4) is 0 Å². The minimum atomic E-state index is -1.18. The zero-order chi connectivity index (χ0) is 17.9. The number of benzene rings is 1. The number of nitrogens with one attached hydrogen (secondary N) is 1. The quantitative estimate of drug-likeness (QED) is 0.161. The standard InChI is InChI=1S/C15H17N5O2S2/c1-9-12(14(19-8-18-9)23-15(16)20(2)17)13(21)10-5-4-6-11(7-10)24(3)22/h4-8,16H,17H2,1-3H3. The molecule has 1 unspecified atom stereocenters. The third-order valence-electron chi connectivity index (χ3n) is 3.17. The average Bonchev–Trinajstić information content (AvgIpc) is 2.54. The van der Waals surface area contributed by atoms with Crippen molar-refractivity contribution in [2.45, 2.75) is 16.8 Å². The van der Waals surface area contributed by atoms with Crippen LogP contribution in [0, 0.1) is 12.3 Å². The van der Waals surface area contributed by atoms with Gasteiger partial charge in [-0.25, -0.2) is 15.8 Å². The molecule has 1 aromatic heterocycles. The smallest absolute Gasteiger partial charge is 0.197 e. The van der Waals surface area contributed by atoms with Crippen molar-refractivity contribution in [2.75, 3.05) is 13.3 Å². The van der Waals surface area contributed by atoms with E-state index in [0.29, 0.717) is 26.7 Å². The second-order valence-corrected chi connectivity index (χ2v) is 7.33. The monoisotopic (exact) mass is 363 g/mol. The van der Waals surface area contributed by atoms with Gasteiger partial charge in [0, 0.05) is 34.6 Å². The summed E-state index contributed by atoms with van der Waals surface area (Å²) in [5.41, 5.74) is 1.22. The summed E-state index contributed by atoms with van der Waals surface area (Å²) in [6, 6.07) is 6.64. The first-order valence-corrected chi connectivity index (χ1v) is 9.23.